The van der Waals surface area contributed by atoms with E-state index in [0.717, 1.165) is 37.7 Å². The van der Waals surface area contributed by atoms with Crippen molar-refractivity contribution in [2.24, 2.45) is 0 Å². The highest BCUT2D eigenvalue weighted by molar-refractivity contribution is 5.42. The molecule has 1 fully saturated rings. The molecule has 1 heterocycles. The second-order valence-corrected chi connectivity index (χ2v) is 5.23. The monoisotopic (exact) mass is 278 g/mol. The second kappa shape index (κ2) is 7.50. The van der Waals surface area contributed by atoms with Crippen LogP contribution in [0.25, 0.3) is 0 Å². The molecule has 4 nitrogen and oxygen atoms in total. The van der Waals surface area contributed by atoms with Gasteiger partial charge in [-0.1, -0.05) is 13.0 Å². The molecule has 1 aliphatic heterocycles. The lowest BCUT2D eigenvalue weighted by Gasteiger charge is -2.34. The molecule has 112 valence electrons. The molecule has 2 rings (SSSR count). The van der Waals surface area contributed by atoms with Crippen molar-refractivity contribution in [1.82, 2.24) is 10.2 Å². The molecule has 0 saturated carbocycles. The Morgan fingerprint density at radius 1 is 1.15 bits per heavy atom. The Kier molecular flexibility index (Phi) is 5.68. The molecule has 1 aromatic carbocycles. The summed E-state index contributed by atoms with van der Waals surface area (Å²) in [6.07, 6.45) is 2.47. The third kappa shape index (κ3) is 3.64. The average molecular weight is 278 g/mol. The van der Waals surface area contributed by atoms with E-state index >= 15 is 0 Å². The van der Waals surface area contributed by atoms with Crippen molar-refractivity contribution in [2.45, 2.75) is 32.4 Å². The fraction of sp³-hybridized carbons (Fsp3) is 0.625. The zero-order valence-corrected chi connectivity index (χ0v) is 12.8. The molecular formula is C16H26N2O2. The summed E-state index contributed by atoms with van der Waals surface area (Å²) < 4.78 is 10.7. The van der Waals surface area contributed by atoms with E-state index in [-0.39, 0.29) is 0 Å². The minimum atomic E-state index is 0.689. The Hall–Kier alpha value is -1.26. The van der Waals surface area contributed by atoms with E-state index in [1.165, 1.54) is 18.4 Å². The molecule has 0 radical (unpaired) electrons. The summed E-state index contributed by atoms with van der Waals surface area (Å²) in [5.74, 6) is 1.60. The van der Waals surface area contributed by atoms with E-state index in [9.17, 15) is 0 Å². The first kappa shape index (κ1) is 15.1. The van der Waals surface area contributed by atoms with E-state index in [0.29, 0.717) is 6.04 Å². The van der Waals surface area contributed by atoms with Crippen molar-refractivity contribution < 1.29 is 9.47 Å². The van der Waals surface area contributed by atoms with E-state index in [2.05, 4.69) is 29.3 Å². The van der Waals surface area contributed by atoms with Gasteiger partial charge in [-0.05, 0) is 50.2 Å². The Labute approximate surface area is 122 Å². The molecule has 1 aromatic rings. The quantitative estimate of drug-likeness (QED) is 0.865. The summed E-state index contributed by atoms with van der Waals surface area (Å²) >= 11 is 0. The molecule has 0 bridgehead atoms. The van der Waals surface area contributed by atoms with Gasteiger partial charge in [0.25, 0.3) is 0 Å². The molecule has 20 heavy (non-hydrogen) atoms. The van der Waals surface area contributed by atoms with E-state index in [4.69, 9.17) is 9.47 Å². The molecule has 0 aliphatic carbocycles. The number of hydrogen-bond acceptors (Lipinski definition) is 4. The molecule has 0 atom stereocenters. The van der Waals surface area contributed by atoms with Crippen molar-refractivity contribution in [1.29, 1.82) is 0 Å². The third-order valence-electron chi connectivity index (χ3n) is 4.06. The van der Waals surface area contributed by atoms with Gasteiger partial charge in [0.05, 0.1) is 14.2 Å². The second-order valence-electron chi connectivity index (χ2n) is 5.23. The first-order chi connectivity index (χ1) is 9.78. The van der Waals surface area contributed by atoms with Gasteiger partial charge in [-0.15, -0.1) is 0 Å². The fourth-order valence-electron chi connectivity index (χ4n) is 2.88. The van der Waals surface area contributed by atoms with Gasteiger partial charge in [-0.25, -0.2) is 0 Å². The highest BCUT2D eigenvalue weighted by atomic mass is 16.5. The Balaban J connectivity index is 2.06. The van der Waals surface area contributed by atoms with Gasteiger partial charge in [0, 0.05) is 12.6 Å². The Bertz CT molecular complexity index is 417. The van der Waals surface area contributed by atoms with Crippen molar-refractivity contribution >= 4 is 0 Å². The summed E-state index contributed by atoms with van der Waals surface area (Å²) in [5.41, 5.74) is 1.28. The van der Waals surface area contributed by atoms with Crippen molar-refractivity contribution in [3.05, 3.63) is 23.8 Å². The van der Waals surface area contributed by atoms with Crippen LogP contribution in [-0.4, -0.2) is 44.8 Å². The summed E-state index contributed by atoms with van der Waals surface area (Å²) in [6.45, 7) is 6.56. The SMILES string of the molecule is CCN(Cc1ccc(OC)c(OC)c1)C1CCNCC1. The van der Waals surface area contributed by atoms with Crippen LogP contribution < -0.4 is 14.8 Å². The number of hydrogen-bond donors (Lipinski definition) is 1. The molecule has 0 amide bonds. The highest BCUT2D eigenvalue weighted by Gasteiger charge is 2.20. The van der Waals surface area contributed by atoms with Crippen LogP contribution in [0.4, 0.5) is 0 Å². The van der Waals surface area contributed by atoms with Crippen molar-refractivity contribution in [3.63, 3.8) is 0 Å². The summed E-state index contributed by atoms with van der Waals surface area (Å²) in [5, 5.41) is 3.43. The van der Waals surface area contributed by atoms with Gasteiger partial charge in [0.2, 0.25) is 0 Å². The largest absolute Gasteiger partial charge is 0.493 e. The third-order valence-corrected chi connectivity index (χ3v) is 4.06. The normalized spacial score (nSPS) is 16.4. The minimum absolute atomic E-state index is 0.689. The lowest BCUT2D eigenvalue weighted by molar-refractivity contribution is 0.162. The maximum atomic E-state index is 5.38. The summed E-state index contributed by atoms with van der Waals surface area (Å²) in [4.78, 5) is 2.56. The number of benzene rings is 1. The highest BCUT2D eigenvalue weighted by Crippen LogP contribution is 2.28. The number of nitrogens with zero attached hydrogens (tertiary/aromatic N) is 1. The molecular weight excluding hydrogens is 252 g/mol. The lowest BCUT2D eigenvalue weighted by atomic mass is 10.0. The first-order valence-corrected chi connectivity index (χ1v) is 7.44. The number of nitrogens with one attached hydrogen (secondary N) is 1. The van der Waals surface area contributed by atoms with Crippen molar-refractivity contribution in [3.8, 4) is 11.5 Å². The summed E-state index contributed by atoms with van der Waals surface area (Å²) in [7, 11) is 3.36. The van der Waals surface area contributed by atoms with Gasteiger partial charge < -0.3 is 14.8 Å². The molecule has 1 N–H and O–H groups in total. The number of piperidine rings is 1. The van der Waals surface area contributed by atoms with Crippen LogP contribution in [0.5, 0.6) is 11.5 Å². The minimum Gasteiger partial charge on any atom is -0.493 e. The predicted molar refractivity (Wildman–Crippen MR) is 81.5 cm³/mol. The topological polar surface area (TPSA) is 33.7 Å². The van der Waals surface area contributed by atoms with Crippen LogP contribution in [0.2, 0.25) is 0 Å². The van der Waals surface area contributed by atoms with E-state index < -0.39 is 0 Å². The van der Waals surface area contributed by atoms with Crippen LogP contribution in [-0.2, 0) is 6.54 Å². The maximum absolute atomic E-state index is 5.38. The van der Waals surface area contributed by atoms with E-state index in [1.54, 1.807) is 14.2 Å². The van der Waals surface area contributed by atoms with Gasteiger partial charge in [0.1, 0.15) is 0 Å². The van der Waals surface area contributed by atoms with Crippen molar-refractivity contribution in [2.75, 3.05) is 33.9 Å². The zero-order valence-electron chi connectivity index (χ0n) is 12.8. The smallest absolute Gasteiger partial charge is 0.161 e. The van der Waals surface area contributed by atoms with Crippen LogP contribution in [0, 0.1) is 0 Å². The van der Waals surface area contributed by atoms with Crippen LogP contribution >= 0.6 is 0 Å². The number of methoxy groups -OCH3 is 2. The fourth-order valence-corrected chi connectivity index (χ4v) is 2.88. The predicted octanol–water partition coefficient (Wildman–Crippen LogP) is 2.28. The van der Waals surface area contributed by atoms with Crippen LogP contribution in [0.15, 0.2) is 18.2 Å². The molecule has 0 unspecified atom stereocenters. The van der Waals surface area contributed by atoms with E-state index in [1.807, 2.05) is 6.07 Å². The Morgan fingerprint density at radius 3 is 2.45 bits per heavy atom. The maximum Gasteiger partial charge on any atom is 0.161 e. The molecule has 1 aliphatic rings. The van der Waals surface area contributed by atoms with Gasteiger partial charge >= 0.3 is 0 Å². The lowest BCUT2D eigenvalue weighted by Crippen LogP contribution is -2.42. The first-order valence-electron chi connectivity index (χ1n) is 7.44. The Morgan fingerprint density at radius 2 is 1.85 bits per heavy atom. The average Bonchev–Trinajstić information content (AvgIpc) is 2.53. The molecule has 0 aromatic heterocycles. The summed E-state index contributed by atoms with van der Waals surface area (Å²) in [6, 6.07) is 6.90. The molecule has 1 saturated heterocycles. The van der Waals surface area contributed by atoms with Gasteiger partial charge in [0.15, 0.2) is 11.5 Å². The number of ether oxygens (including phenoxy) is 2. The van der Waals surface area contributed by atoms with Crippen LogP contribution in [0.3, 0.4) is 0 Å². The standard InChI is InChI=1S/C16H26N2O2/c1-4-18(14-7-9-17-10-8-14)12-13-5-6-15(19-2)16(11-13)20-3/h5-6,11,14,17H,4,7-10,12H2,1-3H3. The number of rotatable bonds is 6. The zero-order chi connectivity index (χ0) is 14.4. The van der Waals surface area contributed by atoms with Gasteiger partial charge in [-0.2, -0.15) is 0 Å². The molecule has 4 heteroatoms. The molecule has 0 spiro atoms. The van der Waals surface area contributed by atoms with Gasteiger partial charge in [-0.3, -0.25) is 4.90 Å². The van der Waals surface area contributed by atoms with Crippen LogP contribution in [0.1, 0.15) is 25.3 Å².